The van der Waals surface area contributed by atoms with E-state index in [1.807, 2.05) is 0 Å². The zero-order valence-corrected chi connectivity index (χ0v) is 17.9. The summed E-state index contributed by atoms with van der Waals surface area (Å²) in [5, 5.41) is 2.74. The van der Waals surface area contributed by atoms with Gasteiger partial charge in [0.25, 0.3) is 10.0 Å². The summed E-state index contributed by atoms with van der Waals surface area (Å²) in [6.45, 7) is 1.67. The van der Waals surface area contributed by atoms with Crippen LogP contribution in [0.3, 0.4) is 0 Å². The van der Waals surface area contributed by atoms with Crippen molar-refractivity contribution in [3.05, 3.63) is 89.2 Å². The maximum absolute atomic E-state index is 13.2. The normalized spacial score (nSPS) is 13.0. The summed E-state index contributed by atoms with van der Waals surface area (Å²) >= 11 is 0. The molecule has 0 fully saturated rings. The number of fused-ring (bicyclic) bond motifs is 1. The van der Waals surface area contributed by atoms with Crippen molar-refractivity contribution in [2.75, 3.05) is 9.73 Å². The van der Waals surface area contributed by atoms with Gasteiger partial charge in [0.15, 0.2) is 5.78 Å². The van der Waals surface area contributed by atoms with E-state index in [0.717, 1.165) is 9.98 Å². The van der Waals surface area contributed by atoms with Crippen LogP contribution in [0.5, 0.6) is 0 Å². The smallest absolute Gasteiger partial charge is 0.277 e. The molecular formula is C23H20FN3O4S. The molecule has 2 N–H and O–H groups in total. The molecule has 0 aliphatic carbocycles. The number of carbonyl (C=O) groups is 2. The zero-order valence-electron chi connectivity index (χ0n) is 17.1. The fourth-order valence-electron chi connectivity index (χ4n) is 3.41. The zero-order chi connectivity index (χ0) is 22.9. The van der Waals surface area contributed by atoms with Crippen LogP contribution >= 0.6 is 0 Å². The first-order valence-corrected chi connectivity index (χ1v) is 11.2. The Labute approximate surface area is 184 Å². The van der Waals surface area contributed by atoms with Crippen LogP contribution in [0, 0.1) is 5.82 Å². The average Bonchev–Trinajstić information content (AvgIpc) is 3.19. The van der Waals surface area contributed by atoms with Gasteiger partial charge in [-0.3, -0.25) is 9.59 Å². The van der Waals surface area contributed by atoms with Gasteiger partial charge in [0.2, 0.25) is 5.91 Å². The summed E-state index contributed by atoms with van der Waals surface area (Å²) in [6.07, 6.45) is 0.0511. The lowest BCUT2D eigenvalue weighted by Gasteiger charge is -2.20. The van der Waals surface area contributed by atoms with Crippen LogP contribution in [0.25, 0.3) is 0 Å². The summed E-state index contributed by atoms with van der Waals surface area (Å²) in [6, 6.07) is 16.5. The predicted molar refractivity (Wildman–Crippen MR) is 118 cm³/mol. The van der Waals surface area contributed by atoms with Crippen molar-refractivity contribution in [2.45, 2.75) is 24.8 Å². The van der Waals surface area contributed by atoms with Crippen molar-refractivity contribution in [3.8, 4) is 0 Å². The predicted octanol–water partition coefficient (Wildman–Crippen LogP) is 3.42. The monoisotopic (exact) mass is 453 g/mol. The van der Waals surface area contributed by atoms with E-state index in [2.05, 4.69) is 10.7 Å². The number of hydrogen-bond acceptors (Lipinski definition) is 5. The van der Waals surface area contributed by atoms with Gasteiger partial charge >= 0.3 is 0 Å². The number of sulfonamides is 1. The Hall–Kier alpha value is -3.56. The highest BCUT2D eigenvalue weighted by molar-refractivity contribution is 7.92. The van der Waals surface area contributed by atoms with Crippen LogP contribution in [-0.4, -0.2) is 20.1 Å². The minimum atomic E-state index is -3.98. The van der Waals surface area contributed by atoms with Gasteiger partial charge in [-0.2, -0.15) is 12.8 Å². The van der Waals surface area contributed by atoms with Crippen molar-refractivity contribution in [2.24, 2.45) is 0 Å². The molecule has 9 heteroatoms. The third-order valence-corrected chi connectivity index (χ3v) is 6.71. The van der Waals surface area contributed by atoms with Crippen LogP contribution in [0.4, 0.5) is 15.8 Å². The van der Waals surface area contributed by atoms with Gasteiger partial charge in [-0.25, -0.2) is 9.82 Å². The number of carbonyl (C=O) groups excluding carboxylic acids is 2. The Morgan fingerprint density at radius 1 is 1.06 bits per heavy atom. The fourth-order valence-corrected chi connectivity index (χ4v) is 4.81. The van der Waals surface area contributed by atoms with Gasteiger partial charge in [0.05, 0.1) is 17.0 Å². The molecule has 0 saturated heterocycles. The number of Topliss-reactive ketones (excluding diaryl/α,β-unsaturated/α-hetero) is 1. The second-order valence-electron chi connectivity index (χ2n) is 7.38. The lowest BCUT2D eigenvalue weighted by Crippen LogP contribution is -2.38. The lowest BCUT2D eigenvalue weighted by molar-refractivity contribution is -0.115. The second-order valence-corrected chi connectivity index (χ2v) is 9.17. The molecule has 3 aromatic rings. The third kappa shape index (κ3) is 4.39. The standard InChI is InChI=1S/C23H20FN3O4S/c1-15(28)17-3-2-4-21(12-17)32(30,31)27-22-13-20(10-7-18(22)14-25-27)26-23(29)11-16-5-8-19(24)9-6-16/h2-10,12-13,25H,11,14H2,1H3,(H,26,29). The van der Waals surface area contributed by atoms with Crippen LogP contribution < -0.4 is 15.2 Å². The number of amides is 1. The van der Waals surface area contributed by atoms with Crippen molar-refractivity contribution in [1.29, 1.82) is 0 Å². The molecule has 0 unspecified atom stereocenters. The molecule has 0 bridgehead atoms. The van der Waals surface area contributed by atoms with Gasteiger partial charge in [-0.15, -0.1) is 0 Å². The van der Waals surface area contributed by atoms with E-state index < -0.39 is 10.0 Å². The number of anilines is 2. The van der Waals surface area contributed by atoms with Crippen molar-refractivity contribution >= 4 is 33.1 Å². The molecule has 0 atom stereocenters. The topological polar surface area (TPSA) is 95.6 Å². The molecule has 0 aromatic heterocycles. The molecule has 7 nitrogen and oxygen atoms in total. The maximum atomic E-state index is 13.2. The molecule has 0 spiro atoms. The Morgan fingerprint density at radius 2 is 1.81 bits per heavy atom. The van der Waals surface area contributed by atoms with E-state index in [1.165, 1.54) is 49.4 Å². The van der Waals surface area contributed by atoms with Gasteiger partial charge in [0.1, 0.15) is 5.82 Å². The first-order valence-electron chi connectivity index (χ1n) is 9.81. The number of rotatable bonds is 6. The molecule has 1 heterocycles. The number of benzene rings is 3. The molecule has 32 heavy (non-hydrogen) atoms. The molecule has 0 saturated carbocycles. The van der Waals surface area contributed by atoms with Gasteiger partial charge in [0, 0.05) is 17.8 Å². The summed E-state index contributed by atoms with van der Waals surface area (Å²) in [7, 11) is -3.98. The van der Waals surface area contributed by atoms with E-state index in [-0.39, 0.29) is 28.8 Å². The summed E-state index contributed by atoms with van der Waals surface area (Å²) in [4.78, 5) is 24.0. The Balaban J connectivity index is 1.57. The maximum Gasteiger partial charge on any atom is 0.277 e. The van der Waals surface area contributed by atoms with Crippen molar-refractivity contribution in [3.63, 3.8) is 0 Å². The number of halogens is 1. The second kappa shape index (κ2) is 8.52. The van der Waals surface area contributed by atoms with Crippen LogP contribution in [0.1, 0.15) is 28.4 Å². The first kappa shape index (κ1) is 21.7. The number of hydrazine groups is 1. The average molecular weight is 453 g/mol. The summed E-state index contributed by atoms with van der Waals surface area (Å²) < 4.78 is 40.5. The van der Waals surface area contributed by atoms with E-state index >= 15 is 0 Å². The Bertz CT molecular complexity index is 1310. The van der Waals surface area contributed by atoms with Crippen LogP contribution in [0.2, 0.25) is 0 Å². The molecular weight excluding hydrogens is 433 g/mol. The van der Waals surface area contributed by atoms with Crippen molar-refractivity contribution in [1.82, 2.24) is 5.43 Å². The Kier molecular flexibility index (Phi) is 5.77. The minimum absolute atomic E-state index is 0.0173. The molecule has 1 aliphatic heterocycles. The van der Waals surface area contributed by atoms with E-state index in [4.69, 9.17) is 0 Å². The molecule has 0 radical (unpaired) electrons. The number of hydrogen-bond donors (Lipinski definition) is 2. The number of nitrogens with one attached hydrogen (secondary N) is 2. The first-order chi connectivity index (χ1) is 15.2. The highest BCUT2D eigenvalue weighted by Gasteiger charge is 2.31. The lowest BCUT2D eigenvalue weighted by atomic mass is 10.1. The van der Waals surface area contributed by atoms with Crippen molar-refractivity contribution < 1.29 is 22.4 Å². The minimum Gasteiger partial charge on any atom is -0.326 e. The SMILES string of the molecule is CC(=O)c1cccc(S(=O)(=O)N2NCc3ccc(NC(=O)Cc4ccc(F)cc4)cc32)c1. The number of ketones is 1. The van der Waals surface area contributed by atoms with Gasteiger partial charge in [-0.1, -0.05) is 30.3 Å². The summed E-state index contributed by atoms with van der Waals surface area (Å²) in [5.74, 6) is -0.926. The van der Waals surface area contributed by atoms with Crippen LogP contribution in [0.15, 0.2) is 71.6 Å². The quantitative estimate of drug-likeness (QED) is 0.558. The Morgan fingerprint density at radius 3 is 2.53 bits per heavy atom. The summed E-state index contributed by atoms with van der Waals surface area (Å²) in [5.41, 5.74) is 5.36. The van der Waals surface area contributed by atoms with E-state index in [0.29, 0.717) is 29.0 Å². The molecule has 3 aromatic carbocycles. The van der Waals surface area contributed by atoms with Gasteiger partial charge in [-0.05, 0) is 54.4 Å². The molecule has 4 rings (SSSR count). The fraction of sp³-hybridized carbons (Fsp3) is 0.130. The number of nitrogens with zero attached hydrogens (tertiary/aromatic N) is 1. The van der Waals surface area contributed by atoms with Crippen LogP contribution in [-0.2, 0) is 27.8 Å². The largest absolute Gasteiger partial charge is 0.326 e. The highest BCUT2D eigenvalue weighted by atomic mass is 32.2. The molecule has 164 valence electrons. The van der Waals surface area contributed by atoms with E-state index in [9.17, 15) is 22.4 Å². The molecule has 1 aliphatic rings. The van der Waals surface area contributed by atoms with Gasteiger partial charge < -0.3 is 5.32 Å². The highest BCUT2D eigenvalue weighted by Crippen LogP contribution is 2.33. The van der Waals surface area contributed by atoms with E-state index in [1.54, 1.807) is 24.3 Å². The molecule has 1 amide bonds. The third-order valence-electron chi connectivity index (χ3n) is 5.06.